The number of hydrogen-bond acceptors (Lipinski definition) is 4. The average molecular weight is 303 g/mol. The lowest BCUT2D eigenvalue weighted by Crippen LogP contribution is -2.25. The lowest BCUT2D eigenvalue weighted by molar-refractivity contribution is -0.120. The van der Waals surface area contributed by atoms with Crippen LogP contribution in [-0.2, 0) is 14.3 Å². The molecule has 2 fully saturated rings. The molecule has 1 aliphatic heterocycles. The number of nitrogens with zero attached hydrogens (tertiary/aromatic N) is 1. The van der Waals surface area contributed by atoms with Crippen molar-refractivity contribution in [2.75, 3.05) is 25.2 Å². The molecule has 118 valence electrons. The largest absolute Gasteiger partial charge is 0.441 e. The van der Waals surface area contributed by atoms with E-state index in [1.807, 2.05) is 12.1 Å². The summed E-state index contributed by atoms with van der Waals surface area (Å²) in [7, 11) is 1.60. The Kier molecular flexibility index (Phi) is 4.43. The molecule has 0 N–H and O–H groups in total. The Bertz CT molecular complexity index is 544. The van der Waals surface area contributed by atoms with Gasteiger partial charge in [-0.1, -0.05) is 12.1 Å². The number of benzene rings is 1. The summed E-state index contributed by atoms with van der Waals surface area (Å²) in [4.78, 5) is 24.8. The molecule has 0 aromatic heterocycles. The number of ketones is 1. The molecule has 0 bridgehead atoms. The van der Waals surface area contributed by atoms with E-state index in [2.05, 4.69) is 12.1 Å². The van der Waals surface area contributed by atoms with Gasteiger partial charge in [0, 0.05) is 25.6 Å². The monoisotopic (exact) mass is 303 g/mol. The minimum Gasteiger partial charge on any atom is -0.441 e. The van der Waals surface area contributed by atoms with Crippen LogP contribution in [0.4, 0.5) is 10.5 Å². The molecule has 1 atom stereocenters. The number of hydrogen-bond donors (Lipinski definition) is 0. The fourth-order valence-electron chi connectivity index (χ4n) is 3.20. The second-order valence-electron chi connectivity index (χ2n) is 5.98. The lowest BCUT2D eigenvalue weighted by atomic mass is 9.83. The van der Waals surface area contributed by atoms with Gasteiger partial charge in [0.1, 0.15) is 11.9 Å². The number of cyclic esters (lactones) is 1. The van der Waals surface area contributed by atoms with E-state index in [4.69, 9.17) is 9.47 Å². The summed E-state index contributed by atoms with van der Waals surface area (Å²) in [6, 6.07) is 8.05. The first-order valence-electron chi connectivity index (χ1n) is 7.76. The molecule has 1 aromatic rings. The highest BCUT2D eigenvalue weighted by Crippen LogP contribution is 2.32. The van der Waals surface area contributed by atoms with Gasteiger partial charge in [-0.2, -0.15) is 0 Å². The molecule has 1 unspecified atom stereocenters. The minimum absolute atomic E-state index is 0.207. The molecule has 5 nitrogen and oxygen atoms in total. The summed E-state index contributed by atoms with van der Waals surface area (Å²) in [5.74, 6) is 0.829. The predicted octanol–water partition coefficient (Wildman–Crippen LogP) is 2.88. The number of rotatable bonds is 4. The molecule has 0 spiro atoms. The first-order chi connectivity index (χ1) is 10.7. The number of amides is 1. The van der Waals surface area contributed by atoms with Gasteiger partial charge in [0.15, 0.2) is 0 Å². The summed E-state index contributed by atoms with van der Waals surface area (Å²) in [6.45, 7) is 0.931. The molecule has 22 heavy (non-hydrogen) atoms. The highest BCUT2D eigenvalue weighted by Gasteiger charge is 2.32. The Morgan fingerprint density at radius 3 is 2.50 bits per heavy atom. The van der Waals surface area contributed by atoms with Crippen molar-refractivity contribution in [2.24, 2.45) is 0 Å². The number of anilines is 1. The van der Waals surface area contributed by atoms with Crippen LogP contribution < -0.4 is 4.90 Å². The smallest absolute Gasteiger partial charge is 0.414 e. The summed E-state index contributed by atoms with van der Waals surface area (Å²) in [5, 5.41) is 0. The molecule has 1 amide bonds. The summed E-state index contributed by atoms with van der Waals surface area (Å²) in [6.07, 6.45) is 2.70. The molecule has 1 saturated heterocycles. The fourth-order valence-corrected chi connectivity index (χ4v) is 3.20. The highest BCUT2D eigenvalue weighted by atomic mass is 16.6. The third-order valence-electron chi connectivity index (χ3n) is 4.45. The number of Topliss-reactive ketones (excluding diaryl/α,β-unsaturated/α-hetero) is 1. The second-order valence-corrected chi connectivity index (χ2v) is 5.98. The van der Waals surface area contributed by atoms with Crippen LogP contribution in [0.1, 0.15) is 37.2 Å². The first kappa shape index (κ1) is 15.0. The van der Waals surface area contributed by atoms with E-state index < -0.39 is 0 Å². The third-order valence-corrected chi connectivity index (χ3v) is 4.45. The van der Waals surface area contributed by atoms with Crippen molar-refractivity contribution in [1.29, 1.82) is 0 Å². The highest BCUT2D eigenvalue weighted by molar-refractivity contribution is 5.89. The zero-order valence-corrected chi connectivity index (χ0v) is 12.8. The molecule has 1 heterocycles. The Morgan fingerprint density at radius 2 is 1.86 bits per heavy atom. The standard InChI is InChI=1S/C17H21NO4/c1-21-11-16-10-18(17(20)22-16)14-6-2-12(3-7-14)13-4-8-15(19)9-5-13/h2-3,6-7,13,16H,4-5,8-11H2,1H3. The zero-order chi connectivity index (χ0) is 15.5. The van der Waals surface area contributed by atoms with Crippen molar-refractivity contribution in [3.63, 3.8) is 0 Å². The fraction of sp³-hybridized carbons (Fsp3) is 0.529. The Hall–Kier alpha value is -1.88. The van der Waals surface area contributed by atoms with Crippen LogP contribution in [0.5, 0.6) is 0 Å². The molecule has 1 aliphatic carbocycles. The Labute approximate surface area is 130 Å². The van der Waals surface area contributed by atoms with Crippen LogP contribution in [-0.4, -0.2) is 38.2 Å². The molecular weight excluding hydrogens is 282 g/mol. The van der Waals surface area contributed by atoms with Crippen LogP contribution in [0.3, 0.4) is 0 Å². The topological polar surface area (TPSA) is 55.8 Å². The van der Waals surface area contributed by atoms with E-state index in [0.29, 0.717) is 37.7 Å². The van der Waals surface area contributed by atoms with Crippen LogP contribution in [0.2, 0.25) is 0 Å². The number of carbonyl (C=O) groups is 2. The van der Waals surface area contributed by atoms with Crippen molar-refractivity contribution in [2.45, 2.75) is 37.7 Å². The van der Waals surface area contributed by atoms with Crippen molar-refractivity contribution in [3.05, 3.63) is 29.8 Å². The lowest BCUT2D eigenvalue weighted by Gasteiger charge is -2.22. The second kappa shape index (κ2) is 6.48. The van der Waals surface area contributed by atoms with E-state index in [1.54, 1.807) is 12.0 Å². The van der Waals surface area contributed by atoms with Gasteiger partial charge in [-0.3, -0.25) is 9.69 Å². The first-order valence-corrected chi connectivity index (χ1v) is 7.76. The maximum absolute atomic E-state index is 11.9. The van der Waals surface area contributed by atoms with E-state index in [1.165, 1.54) is 5.56 Å². The van der Waals surface area contributed by atoms with E-state index in [-0.39, 0.29) is 12.2 Å². The van der Waals surface area contributed by atoms with Crippen LogP contribution in [0.15, 0.2) is 24.3 Å². The molecular formula is C17H21NO4. The van der Waals surface area contributed by atoms with Crippen LogP contribution >= 0.6 is 0 Å². The summed E-state index contributed by atoms with van der Waals surface area (Å²) in [5.41, 5.74) is 2.09. The maximum atomic E-state index is 11.9. The third kappa shape index (κ3) is 3.14. The maximum Gasteiger partial charge on any atom is 0.414 e. The molecule has 1 saturated carbocycles. The van der Waals surface area contributed by atoms with E-state index in [0.717, 1.165) is 18.5 Å². The van der Waals surface area contributed by atoms with Gasteiger partial charge in [0.05, 0.1) is 13.2 Å². The quantitative estimate of drug-likeness (QED) is 0.858. The SMILES string of the molecule is COCC1CN(c2ccc(C3CCC(=O)CC3)cc2)C(=O)O1. The normalized spacial score (nSPS) is 23.0. The van der Waals surface area contributed by atoms with Gasteiger partial charge in [-0.15, -0.1) is 0 Å². The van der Waals surface area contributed by atoms with Gasteiger partial charge in [0.2, 0.25) is 0 Å². The Morgan fingerprint density at radius 1 is 1.18 bits per heavy atom. The Balaban J connectivity index is 1.66. The van der Waals surface area contributed by atoms with Crippen LogP contribution in [0.25, 0.3) is 0 Å². The van der Waals surface area contributed by atoms with Gasteiger partial charge in [-0.05, 0) is 36.5 Å². The molecule has 1 aromatic carbocycles. The molecule has 3 rings (SSSR count). The molecule has 0 radical (unpaired) electrons. The van der Waals surface area contributed by atoms with Crippen molar-refractivity contribution in [1.82, 2.24) is 0 Å². The predicted molar refractivity (Wildman–Crippen MR) is 82.1 cm³/mol. The van der Waals surface area contributed by atoms with Gasteiger partial charge >= 0.3 is 6.09 Å². The summed E-state index contributed by atoms with van der Waals surface area (Å²) < 4.78 is 10.3. The minimum atomic E-state index is -0.321. The van der Waals surface area contributed by atoms with Crippen molar-refractivity contribution in [3.8, 4) is 0 Å². The van der Waals surface area contributed by atoms with Crippen molar-refractivity contribution < 1.29 is 19.1 Å². The van der Waals surface area contributed by atoms with Gasteiger partial charge < -0.3 is 9.47 Å². The van der Waals surface area contributed by atoms with E-state index >= 15 is 0 Å². The summed E-state index contributed by atoms with van der Waals surface area (Å²) >= 11 is 0. The molecule has 5 heteroatoms. The van der Waals surface area contributed by atoms with Gasteiger partial charge in [-0.25, -0.2) is 4.79 Å². The number of ether oxygens (including phenoxy) is 2. The average Bonchev–Trinajstić information content (AvgIpc) is 2.89. The zero-order valence-electron chi connectivity index (χ0n) is 12.8. The van der Waals surface area contributed by atoms with Crippen molar-refractivity contribution >= 4 is 17.6 Å². The molecule has 2 aliphatic rings. The van der Waals surface area contributed by atoms with Gasteiger partial charge in [0.25, 0.3) is 0 Å². The number of methoxy groups -OCH3 is 1. The van der Waals surface area contributed by atoms with Crippen LogP contribution in [0, 0.1) is 0 Å². The number of carbonyl (C=O) groups excluding carboxylic acids is 2. The van der Waals surface area contributed by atoms with E-state index in [9.17, 15) is 9.59 Å².